The SMILES string of the molecule is CCOC(=O)c1sc2nc(C)n(C[C@@H](O)COCc3ccc(Cl)cc3)c(=O)c2c1C. The van der Waals surface area contributed by atoms with Crippen molar-refractivity contribution in [2.75, 3.05) is 13.2 Å². The zero-order valence-corrected chi connectivity index (χ0v) is 18.5. The van der Waals surface area contributed by atoms with Crippen LogP contribution in [-0.4, -0.2) is 39.9 Å². The maximum absolute atomic E-state index is 13.0. The van der Waals surface area contributed by atoms with Crippen LogP contribution in [0.15, 0.2) is 29.1 Å². The van der Waals surface area contributed by atoms with Crippen LogP contribution in [0.4, 0.5) is 0 Å². The van der Waals surface area contributed by atoms with Crippen LogP contribution in [0.3, 0.4) is 0 Å². The summed E-state index contributed by atoms with van der Waals surface area (Å²) >= 11 is 7.00. The highest BCUT2D eigenvalue weighted by Crippen LogP contribution is 2.28. The average Bonchev–Trinajstić information content (AvgIpc) is 3.03. The Kier molecular flexibility index (Phi) is 7.25. The monoisotopic (exact) mass is 450 g/mol. The number of nitrogens with zero attached hydrogens (tertiary/aromatic N) is 2. The number of thiophene rings is 1. The molecule has 2 aromatic heterocycles. The second kappa shape index (κ2) is 9.70. The van der Waals surface area contributed by atoms with Gasteiger partial charge in [0.05, 0.1) is 37.9 Å². The standard InChI is InChI=1S/C21H23ClN2O5S/c1-4-29-21(27)18-12(2)17-19(30-18)23-13(3)24(20(17)26)9-16(25)11-28-10-14-5-7-15(22)8-6-14/h5-8,16,25H,4,9-11H2,1-3H3/t16-/m1/s1. The molecular formula is C21H23ClN2O5S. The molecule has 0 radical (unpaired) electrons. The number of aromatic nitrogens is 2. The Balaban J connectivity index is 1.75. The van der Waals surface area contributed by atoms with Crippen molar-refractivity contribution in [3.63, 3.8) is 0 Å². The minimum atomic E-state index is -0.892. The molecular weight excluding hydrogens is 428 g/mol. The molecule has 0 saturated heterocycles. The Morgan fingerprint density at radius 3 is 2.67 bits per heavy atom. The summed E-state index contributed by atoms with van der Waals surface area (Å²) in [4.78, 5) is 30.5. The first-order valence-corrected chi connectivity index (χ1v) is 10.7. The molecule has 0 saturated carbocycles. The van der Waals surface area contributed by atoms with Crippen molar-refractivity contribution in [1.82, 2.24) is 9.55 Å². The molecule has 1 N–H and O–H groups in total. The number of hydrogen-bond acceptors (Lipinski definition) is 7. The van der Waals surface area contributed by atoms with E-state index in [0.29, 0.717) is 38.1 Å². The first kappa shape index (κ1) is 22.4. The number of rotatable bonds is 8. The van der Waals surface area contributed by atoms with E-state index in [9.17, 15) is 14.7 Å². The van der Waals surface area contributed by atoms with Crippen LogP contribution in [-0.2, 0) is 22.6 Å². The van der Waals surface area contributed by atoms with E-state index in [-0.39, 0.29) is 25.3 Å². The van der Waals surface area contributed by atoms with Gasteiger partial charge in [-0.3, -0.25) is 9.36 Å². The van der Waals surface area contributed by atoms with Crippen molar-refractivity contribution >= 4 is 39.1 Å². The van der Waals surface area contributed by atoms with Gasteiger partial charge in [0.1, 0.15) is 15.5 Å². The number of aliphatic hydroxyl groups is 1. The summed E-state index contributed by atoms with van der Waals surface area (Å²) in [6.45, 7) is 5.81. The van der Waals surface area contributed by atoms with Crippen LogP contribution in [0, 0.1) is 13.8 Å². The maximum Gasteiger partial charge on any atom is 0.348 e. The van der Waals surface area contributed by atoms with Crippen molar-refractivity contribution < 1.29 is 19.4 Å². The third-order valence-corrected chi connectivity index (χ3v) is 6.01. The number of fused-ring (bicyclic) bond motifs is 1. The molecule has 2 heterocycles. The largest absolute Gasteiger partial charge is 0.462 e. The van der Waals surface area contributed by atoms with Crippen molar-refractivity contribution in [1.29, 1.82) is 0 Å². The summed E-state index contributed by atoms with van der Waals surface area (Å²) in [5.74, 6) is -0.00172. The Morgan fingerprint density at radius 2 is 2.00 bits per heavy atom. The summed E-state index contributed by atoms with van der Waals surface area (Å²) in [7, 11) is 0. The maximum atomic E-state index is 13.0. The van der Waals surface area contributed by atoms with Crippen molar-refractivity contribution in [3.8, 4) is 0 Å². The van der Waals surface area contributed by atoms with E-state index in [0.717, 1.165) is 16.9 Å². The van der Waals surface area contributed by atoms with Gasteiger partial charge in [-0.15, -0.1) is 11.3 Å². The normalized spacial score (nSPS) is 12.3. The molecule has 30 heavy (non-hydrogen) atoms. The number of aryl methyl sites for hydroxylation is 2. The minimum absolute atomic E-state index is 0.0399. The van der Waals surface area contributed by atoms with Gasteiger partial charge in [0.25, 0.3) is 5.56 Å². The van der Waals surface area contributed by atoms with Gasteiger partial charge in [-0.2, -0.15) is 0 Å². The van der Waals surface area contributed by atoms with Gasteiger partial charge in [0.15, 0.2) is 0 Å². The molecule has 0 unspecified atom stereocenters. The summed E-state index contributed by atoms with van der Waals surface area (Å²) in [6.07, 6.45) is -0.892. The van der Waals surface area contributed by atoms with Crippen LogP contribution < -0.4 is 5.56 Å². The highest BCUT2D eigenvalue weighted by molar-refractivity contribution is 7.20. The van der Waals surface area contributed by atoms with Crippen LogP contribution in [0.25, 0.3) is 10.2 Å². The van der Waals surface area contributed by atoms with E-state index in [2.05, 4.69) is 4.98 Å². The number of aliphatic hydroxyl groups excluding tert-OH is 1. The average molecular weight is 451 g/mol. The molecule has 0 spiro atoms. The summed E-state index contributed by atoms with van der Waals surface area (Å²) in [5.41, 5.74) is 1.19. The van der Waals surface area contributed by atoms with Gasteiger partial charge in [-0.1, -0.05) is 23.7 Å². The molecule has 0 aliphatic carbocycles. The Labute approximate surface area is 182 Å². The molecule has 0 fully saturated rings. The minimum Gasteiger partial charge on any atom is -0.462 e. The van der Waals surface area contributed by atoms with Crippen LogP contribution in [0.2, 0.25) is 5.02 Å². The Hall–Kier alpha value is -2.26. The van der Waals surface area contributed by atoms with E-state index < -0.39 is 12.1 Å². The number of esters is 1. The van der Waals surface area contributed by atoms with Crippen molar-refractivity contribution in [3.05, 3.63) is 61.5 Å². The van der Waals surface area contributed by atoms with Gasteiger partial charge in [0, 0.05) is 5.02 Å². The number of benzene rings is 1. The zero-order valence-electron chi connectivity index (χ0n) is 17.0. The molecule has 1 atom stereocenters. The second-order valence-electron chi connectivity index (χ2n) is 6.83. The zero-order chi connectivity index (χ0) is 21.8. The fourth-order valence-corrected chi connectivity index (χ4v) is 4.32. The first-order valence-electron chi connectivity index (χ1n) is 9.49. The predicted molar refractivity (Wildman–Crippen MR) is 116 cm³/mol. The van der Waals surface area contributed by atoms with Crippen molar-refractivity contribution in [2.24, 2.45) is 0 Å². The molecule has 160 valence electrons. The van der Waals surface area contributed by atoms with E-state index in [1.807, 2.05) is 12.1 Å². The Bertz CT molecular complexity index is 1110. The third kappa shape index (κ3) is 4.89. The van der Waals surface area contributed by atoms with Gasteiger partial charge >= 0.3 is 5.97 Å². The van der Waals surface area contributed by atoms with E-state index in [4.69, 9.17) is 21.1 Å². The molecule has 7 nitrogen and oxygen atoms in total. The van der Waals surface area contributed by atoms with Crippen LogP contribution in [0.1, 0.15) is 33.5 Å². The highest BCUT2D eigenvalue weighted by Gasteiger charge is 2.22. The molecule has 0 aliphatic heterocycles. The van der Waals surface area contributed by atoms with E-state index in [1.54, 1.807) is 32.9 Å². The lowest BCUT2D eigenvalue weighted by molar-refractivity contribution is 0.0195. The fourth-order valence-electron chi connectivity index (χ4n) is 3.08. The molecule has 9 heteroatoms. The number of halogens is 1. The van der Waals surface area contributed by atoms with Gasteiger partial charge < -0.3 is 14.6 Å². The molecule has 3 aromatic rings. The topological polar surface area (TPSA) is 90.7 Å². The van der Waals surface area contributed by atoms with Crippen LogP contribution in [0.5, 0.6) is 0 Å². The number of hydrogen-bond donors (Lipinski definition) is 1. The van der Waals surface area contributed by atoms with Gasteiger partial charge in [-0.25, -0.2) is 9.78 Å². The van der Waals surface area contributed by atoms with Crippen molar-refractivity contribution in [2.45, 2.75) is 40.0 Å². The van der Waals surface area contributed by atoms with Gasteiger partial charge in [0.2, 0.25) is 0 Å². The molecule has 0 amide bonds. The quantitative estimate of drug-likeness (QED) is 0.528. The lowest BCUT2D eigenvalue weighted by Gasteiger charge is -2.15. The smallest absolute Gasteiger partial charge is 0.348 e. The second-order valence-corrected chi connectivity index (χ2v) is 8.26. The fraction of sp³-hybridized carbons (Fsp3) is 0.381. The number of ether oxygens (including phenoxy) is 2. The first-order chi connectivity index (χ1) is 14.3. The number of carbonyl (C=O) groups excluding carboxylic acids is 1. The molecule has 3 rings (SSSR count). The van der Waals surface area contributed by atoms with E-state index >= 15 is 0 Å². The summed E-state index contributed by atoms with van der Waals surface area (Å²) < 4.78 is 12.0. The van der Waals surface area contributed by atoms with Gasteiger partial charge in [-0.05, 0) is 44.0 Å². The molecule has 1 aromatic carbocycles. The molecule has 0 aliphatic rings. The lowest BCUT2D eigenvalue weighted by Crippen LogP contribution is -2.31. The third-order valence-electron chi connectivity index (χ3n) is 4.59. The van der Waals surface area contributed by atoms with Crippen LogP contribution >= 0.6 is 22.9 Å². The summed E-state index contributed by atoms with van der Waals surface area (Å²) in [6, 6.07) is 7.24. The highest BCUT2D eigenvalue weighted by atomic mass is 35.5. The lowest BCUT2D eigenvalue weighted by atomic mass is 10.2. The Morgan fingerprint density at radius 1 is 1.30 bits per heavy atom. The number of carbonyl (C=O) groups is 1. The van der Waals surface area contributed by atoms with E-state index in [1.165, 1.54) is 4.57 Å². The molecule has 0 bridgehead atoms. The predicted octanol–water partition coefficient (Wildman–Crippen LogP) is 3.48. The summed E-state index contributed by atoms with van der Waals surface area (Å²) in [5, 5.41) is 11.4.